The fraction of sp³-hybridized carbons (Fsp3) is 0.188. The number of amides is 1. The van der Waals surface area contributed by atoms with Gasteiger partial charge in [0, 0.05) is 18.0 Å². The lowest BCUT2D eigenvalue weighted by Gasteiger charge is -2.08. The zero-order valence-electron chi connectivity index (χ0n) is 11.2. The van der Waals surface area contributed by atoms with Gasteiger partial charge in [0.05, 0.1) is 5.56 Å². The molecule has 4 heteroatoms. The zero-order valence-corrected chi connectivity index (χ0v) is 11.2. The van der Waals surface area contributed by atoms with Gasteiger partial charge in [-0.05, 0) is 42.7 Å². The predicted molar refractivity (Wildman–Crippen MR) is 80.7 cm³/mol. The normalized spacial score (nSPS) is 10.2. The number of hydrogen-bond donors (Lipinski definition) is 3. The Morgan fingerprint density at radius 3 is 2.70 bits per heavy atom. The van der Waals surface area contributed by atoms with Crippen LogP contribution < -0.4 is 11.1 Å². The van der Waals surface area contributed by atoms with E-state index in [4.69, 9.17) is 10.8 Å². The van der Waals surface area contributed by atoms with E-state index in [0.29, 0.717) is 17.7 Å². The Labute approximate surface area is 118 Å². The van der Waals surface area contributed by atoms with Crippen LogP contribution in [0.15, 0.2) is 48.5 Å². The predicted octanol–water partition coefficient (Wildman–Crippen LogP) is 2.45. The van der Waals surface area contributed by atoms with Gasteiger partial charge < -0.3 is 16.2 Å². The summed E-state index contributed by atoms with van der Waals surface area (Å²) in [6.45, 7) is 0.164. The molecule has 0 saturated heterocycles. The first-order chi connectivity index (χ1) is 9.70. The minimum atomic E-state index is -0.220. The molecule has 0 aliphatic carbocycles. The summed E-state index contributed by atoms with van der Waals surface area (Å²) in [5.74, 6) is -0.220. The van der Waals surface area contributed by atoms with E-state index >= 15 is 0 Å². The van der Waals surface area contributed by atoms with Crippen LogP contribution in [-0.4, -0.2) is 17.6 Å². The molecule has 2 aromatic rings. The van der Waals surface area contributed by atoms with Crippen molar-refractivity contribution in [2.45, 2.75) is 12.8 Å². The van der Waals surface area contributed by atoms with E-state index in [2.05, 4.69) is 5.32 Å². The SMILES string of the molecule is Nc1ccccc1C(=O)Nc1cccc(CCCO)c1. The Bertz CT molecular complexity index is 597. The Hall–Kier alpha value is -2.33. The van der Waals surface area contributed by atoms with Crippen LogP contribution in [0, 0.1) is 0 Å². The standard InChI is InChI=1S/C16H18N2O2/c17-15-9-2-1-8-14(15)16(20)18-13-7-3-5-12(11-13)6-4-10-19/h1-3,5,7-9,11,19H,4,6,10,17H2,(H,18,20). The van der Waals surface area contributed by atoms with Crippen molar-refractivity contribution in [3.63, 3.8) is 0 Å². The lowest BCUT2D eigenvalue weighted by molar-refractivity contribution is 0.102. The summed E-state index contributed by atoms with van der Waals surface area (Å²) in [6, 6.07) is 14.6. The van der Waals surface area contributed by atoms with E-state index in [-0.39, 0.29) is 12.5 Å². The van der Waals surface area contributed by atoms with E-state index in [0.717, 1.165) is 17.7 Å². The van der Waals surface area contributed by atoms with Crippen LogP contribution in [0.3, 0.4) is 0 Å². The molecular weight excluding hydrogens is 252 g/mol. The fourth-order valence-electron chi connectivity index (χ4n) is 1.99. The number of aliphatic hydroxyl groups is 1. The molecule has 0 aliphatic rings. The first kappa shape index (κ1) is 14.1. The molecule has 20 heavy (non-hydrogen) atoms. The number of hydrogen-bond acceptors (Lipinski definition) is 3. The van der Waals surface area contributed by atoms with Gasteiger partial charge in [0.2, 0.25) is 0 Å². The second-order valence-corrected chi connectivity index (χ2v) is 4.57. The minimum Gasteiger partial charge on any atom is -0.398 e. The van der Waals surface area contributed by atoms with E-state index < -0.39 is 0 Å². The van der Waals surface area contributed by atoms with Gasteiger partial charge in [-0.25, -0.2) is 0 Å². The number of rotatable bonds is 5. The second-order valence-electron chi connectivity index (χ2n) is 4.57. The molecule has 0 unspecified atom stereocenters. The lowest BCUT2D eigenvalue weighted by Crippen LogP contribution is -2.14. The molecule has 4 nitrogen and oxygen atoms in total. The molecule has 0 saturated carbocycles. The average Bonchev–Trinajstić information content (AvgIpc) is 2.46. The lowest BCUT2D eigenvalue weighted by atomic mass is 10.1. The molecule has 104 valence electrons. The van der Waals surface area contributed by atoms with Gasteiger partial charge in [0.15, 0.2) is 0 Å². The maximum absolute atomic E-state index is 12.1. The molecule has 0 spiro atoms. The fourth-order valence-corrected chi connectivity index (χ4v) is 1.99. The summed E-state index contributed by atoms with van der Waals surface area (Å²) < 4.78 is 0. The monoisotopic (exact) mass is 270 g/mol. The molecule has 0 aliphatic heterocycles. The first-order valence-corrected chi connectivity index (χ1v) is 6.56. The van der Waals surface area contributed by atoms with Crippen LogP contribution in [0.4, 0.5) is 11.4 Å². The van der Waals surface area contributed by atoms with E-state index in [9.17, 15) is 4.79 Å². The summed E-state index contributed by atoms with van der Waals surface area (Å²) in [5, 5.41) is 11.7. The van der Waals surface area contributed by atoms with Crippen molar-refractivity contribution in [1.82, 2.24) is 0 Å². The Morgan fingerprint density at radius 1 is 1.15 bits per heavy atom. The van der Waals surface area contributed by atoms with Crippen molar-refractivity contribution in [3.05, 3.63) is 59.7 Å². The van der Waals surface area contributed by atoms with Gasteiger partial charge in [0.1, 0.15) is 0 Å². The summed E-state index contributed by atoms with van der Waals surface area (Å²) in [7, 11) is 0. The summed E-state index contributed by atoms with van der Waals surface area (Å²) >= 11 is 0. The van der Waals surface area contributed by atoms with E-state index in [1.165, 1.54) is 0 Å². The van der Waals surface area contributed by atoms with Gasteiger partial charge in [-0.2, -0.15) is 0 Å². The average molecular weight is 270 g/mol. The van der Waals surface area contributed by atoms with Crippen molar-refractivity contribution in [1.29, 1.82) is 0 Å². The number of carbonyl (C=O) groups excluding carboxylic acids is 1. The van der Waals surface area contributed by atoms with Gasteiger partial charge in [0.25, 0.3) is 5.91 Å². The number of aliphatic hydroxyl groups excluding tert-OH is 1. The van der Waals surface area contributed by atoms with E-state index in [1.807, 2.05) is 24.3 Å². The highest BCUT2D eigenvalue weighted by molar-refractivity contribution is 6.07. The molecule has 2 rings (SSSR count). The molecule has 0 bridgehead atoms. The third kappa shape index (κ3) is 3.59. The van der Waals surface area contributed by atoms with Crippen molar-refractivity contribution in [2.24, 2.45) is 0 Å². The summed E-state index contributed by atoms with van der Waals surface area (Å²) in [6.07, 6.45) is 1.50. The largest absolute Gasteiger partial charge is 0.398 e. The summed E-state index contributed by atoms with van der Waals surface area (Å²) in [4.78, 5) is 12.1. The molecule has 4 N–H and O–H groups in total. The van der Waals surface area contributed by atoms with Crippen molar-refractivity contribution < 1.29 is 9.90 Å². The van der Waals surface area contributed by atoms with Gasteiger partial charge in [-0.1, -0.05) is 24.3 Å². The highest BCUT2D eigenvalue weighted by Crippen LogP contribution is 2.16. The Balaban J connectivity index is 2.10. The number of nitrogens with two attached hydrogens (primary N) is 1. The number of benzene rings is 2. The molecule has 1 amide bonds. The number of carbonyl (C=O) groups is 1. The van der Waals surface area contributed by atoms with Crippen molar-refractivity contribution in [3.8, 4) is 0 Å². The van der Waals surface area contributed by atoms with Crippen LogP contribution >= 0.6 is 0 Å². The Morgan fingerprint density at radius 2 is 1.95 bits per heavy atom. The molecular formula is C16H18N2O2. The van der Waals surface area contributed by atoms with Crippen LogP contribution in [0.1, 0.15) is 22.3 Å². The van der Waals surface area contributed by atoms with Gasteiger partial charge in [-0.15, -0.1) is 0 Å². The number of anilines is 2. The van der Waals surface area contributed by atoms with Crippen LogP contribution in [0.5, 0.6) is 0 Å². The maximum atomic E-state index is 12.1. The topological polar surface area (TPSA) is 75.4 Å². The molecule has 0 heterocycles. The summed E-state index contributed by atoms with van der Waals surface area (Å²) in [5.41, 5.74) is 8.52. The van der Waals surface area contributed by atoms with Crippen LogP contribution in [0.2, 0.25) is 0 Å². The second kappa shape index (κ2) is 6.73. The van der Waals surface area contributed by atoms with E-state index in [1.54, 1.807) is 24.3 Å². The highest BCUT2D eigenvalue weighted by atomic mass is 16.2. The third-order valence-electron chi connectivity index (χ3n) is 3.01. The molecule has 2 aromatic carbocycles. The van der Waals surface area contributed by atoms with Crippen LogP contribution in [-0.2, 0) is 6.42 Å². The molecule has 0 radical (unpaired) electrons. The smallest absolute Gasteiger partial charge is 0.257 e. The van der Waals surface area contributed by atoms with Crippen LogP contribution in [0.25, 0.3) is 0 Å². The maximum Gasteiger partial charge on any atom is 0.257 e. The quantitative estimate of drug-likeness (QED) is 0.730. The minimum absolute atomic E-state index is 0.164. The number of para-hydroxylation sites is 1. The van der Waals surface area contributed by atoms with Crippen molar-refractivity contribution >= 4 is 17.3 Å². The van der Waals surface area contributed by atoms with Gasteiger partial charge >= 0.3 is 0 Å². The number of aryl methyl sites for hydroxylation is 1. The van der Waals surface area contributed by atoms with Crippen molar-refractivity contribution in [2.75, 3.05) is 17.7 Å². The number of nitrogens with one attached hydrogen (secondary N) is 1. The molecule has 0 fully saturated rings. The van der Waals surface area contributed by atoms with Gasteiger partial charge in [-0.3, -0.25) is 4.79 Å². The molecule has 0 atom stereocenters. The Kier molecular flexibility index (Phi) is 4.74. The number of nitrogen functional groups attached to an aromatic ring is 1. The zero-order chi connectivity index (χ0) is 14.4. The third-order valence-corrected chi connectivity index (χ3v) is 3.01. The molecule has 0 aromatic heterocycles. The highest BCUT2D eigenvalue weighted by Gasteiger charge is 2.09. The first-order valence-electron chi connectivity index (χ1n) is 6.56.